The predicted octanol–water partition coefficient (Wildman–Crippen LogP) is 3.02. The van der Waals surface area contributed by atoms with Crippen molar-refractivity contribution < 1.29 is 29.1 Å². The van der Waals surface area contributed by atoms with E-state index in [4.69, 9.17) is 4.42 Å². The number of carboxylic acids is 1. The van der Waals surface area contributed by atoms with Gasteiger partial charge in [0.15, 0.2) is 0 Å². The molecule has 0 unspecified atom stereocenters. The van der Waals surface area contributed by atoms with E-state index in [2.05, 4.69) is 10.5 Å². The Morgan fingerprint density at radius 2 is 1.86 bits per heavy atom. The highest BCUT2D eigenvalue weighted by molar-refractivity contribution is 5.97. The highest BCUT2D eigenvalue weighted by Gasteiger charge is 2.19. The fourth-order valence-electron chi connectivity index (χ4n) is 2.48. The van der Waals surface area contributed by atoms with Crippen LogP contribution in [0.1, 0.15) is 26.5 Å². The van der Waals surface area contributed by atoms with E-state index in [-0.39, 0.29) is 39.6 Å². The third-order valence-electron chi connectivity index (χ3n) is 3.84. The maximum Gasteiger partial charge on any atom is 0.336 e. The van der Waals surface area contributed by atoms with Gasteiger partial charge in [-0.2, -0.15) is 5.10 Å². The monoisotopic (exact) mass is 395 g/mol. The Labute approximate surface area is 162 Å². The van der Waals surface area contributed by atoms with Crippen LogP contribution >= 0.6 is 0 Å². The van der Waals surface area contributed by atoms with Gasteiger partial charge in [-0.05, 0) is 30.3 Å². The number of rotatable bonds is 6. The first-order valence-corrected chi connectivity index (χ1v) is 8.10. The van der Waals surface area contributed by atoms with Gasteiger partial charge in [-0.1, -0.05) is 12.1 Å². The largest absolute Gasteiger partial charge is 0.507 e. The molecular weight excluding hydrogens is 382 g/mol. The lowest BCUT2D eigenvalue weighted by molar-refractivity contribution is -0.384. The summed E-state index contributed by atoms with van der Waals surface area (Å²) < 4.78 is 5.49. The first kappa shape index (κ1) is 19.3. The number of para-hydroxylation sites is 1. The minimum Gasteiger partial charge on any atom is -0.507 e. The number of hydrogen-bond acceptors (Lipinski definition) is 7. The van der Waals surface area contributed by atoms with Crippen LogP contribution in [0.15, 0.2) is 64.1 Å². The van der Waals surface area contributed by atoms with E-state index >= 15 is 0 Å². The average Bonchev–Trinajstić information content (AvgIpc) is 3.16. The molecule has 146 valence electrons. The molecule has 1 aromatic heterocycles. The van der Waals surface area contributed by atoms with E-state index in [1.165, 1.54) is 42.6 Å². The van der Waals surface area contributed by atoms with Crippen molar-refractivity contribution in [1.82, 2.24) is 5.43 Å². The van der Waals surface area contributed by atoms with Crippen LogP contribution in [0, 0.1) is 10.1 Å². The lowest BCUT2D eigenvalue weighted by Gasteiger charge is -2.03. The molecule has 10 nitrogen and oxygen atoms in total. The van der Waals surface area contributed by atoms with Crippen LogP contribution in [0.25, 0.3) is 11.3 Å². The number of non-ortho nitro benzene ring substituents is 1. The van der Waals surface area contributed by atoms with E-state index in [0.717, 1.165) is 6.07 Å². The van der Waals surface area contributed by atoms with E-state index in [0.29, 0.717) is 0 Å². The minimum absolute atomic E-state index is 0.0433. The molecule has 0 saturated carbocycles. The number of aromatic hydroxyl groups is 1. The molecule has 1 heterocycles. The van der Waals surface area contributed by atoms with Crippen molar-refractivity contribution in [1.29, 1.82) is 0 Å². The quantitative estimate of drug-likeness (QED) is 0.329. The van der Waals surface area contributed by atoms with Crippen molar-refractivity contribution in [2.45, 2.75) is 0 Å². The molecule has 29 heavy (non-hydrogen) atoms. The molecule has 0 atom stereocenters. The Kier molecular flexibility index (Phi) is 5.35. The zero-order valence-electron chi connectivity index (χ0n) is 14.6. The minimum atomic E-state index is -1.34. The summed E-state index contributed by atoms with van der Waals surface area (Å²) in [5.74, 6) is -1.81. The Morgan fingerprint density at radius 3 is 2.55 bits per heavy atom. The number of carbonyl (C=O) groups is 2. The van der Waals surface area contributed by atoms with E-state index in [9.17, 15) is 29.9 Å². The molecule has 0 aliphatic carbocycles. The lowest BCUT2D eigenvalue weighted by Crippen LogP contribution is -2.17. The highest BCUT2D eigenvalue weighted by Crippen LogP contribution is 2.28. The number of aromatic carboxylic acids is 1. The fourth-order valence-corrected chi connectivity index (χ4v) is 2.48. The maximum atomic E-state index is 12.0. The number of nitrogens with zero attached hydrogens (tertiary/aromatic N) is 2. The van der Waals surface area contributed by atoms with Gasteiger partial charge in [0.2, 0.25) is 0 Å². The third-order valence-corrected chi connectivity index (χ3v) is 3.84. The molecule has 1 amide bonds. The Morgan fingerprint density at radius 1 is 1.10 bits per heavy atom. The summed E-state index contributed by atoms with van der Waals surface area (Å²) in [7, 11) is 0. The molecule has 0 aliphatic rings. The zero-order chi connectivity index (χ0) is 21.0. The van der Waals surface area contributed by atoms with Gasteiger partial charge < -0.3 is 14.6 Å². The molecule has 0 radical (unpaired) electrons. The molecule has 0 bridgehead atoms. The predicted molar refractivity (Wildman–Crippen MR) is 101 cm³/mol. The number of nitrogens with one attached hydrogen (secondary N) is 1. The summed E-state index contributed by atoms with van der Waals surface area (Å²) in [6.45, 7) is 0. The van der Waals surface area contributed by atoms with Crippen LogP contribution in [-0.4, -0.2) is 33.2 Å². The van der Waals surface area contributed by atoms with Gasteiger partial charge in [0.25, 0.3) is 11.6 Å². The second kappa shape index (κ2) is 8.05. The van der Waals surface area contributed by atoms with Crippen molar-refractivity contribution in [2.24, 2.45) is 5.10 Å². The van der Waals surface area contributed by atoms with Crippen LogP contribution in [0.4, 0.5) is 5.69 Å². The van der Waals surface area contributed by atoms with Crippen LogP contribution in [0.3, 0.4) is 0 Å². The van der Waals surface area contributed by atoms with Crippen LogP contribution in [-0.2, 0) is 0 Å². The Bertz CT molecular complexity index is 1130. The zero-order valence-corrected chi connectivity index (χ0v) is 14.6. The summed E-state index contributed by atoms with van der Waals surface area (Å²) >= 11 is 0. The summed E-state index contributed by atoms with van der Waals surface area (Å²) in [6, 6.07) is 12.3. The first-order valence-electron chi connectivity index (χ1n) is 8.10. The van der Waals surface area contributed by atoms with E-state index < -0.39 is 16.8 Å². The molecule has 2 aromatic carbocycles. The molecule has 3 rings (SSSR count). The number of amides is 1. The van der Waals surface area contributed by atoms with Gasteiger partial charge in [0.1, 0.15) is 17.3 Å². The topological polar surface area (TPSA) is 155 Å². The molecule has 3 N–H and O–H groups in total. The van der Waals surface area contributed by atoms with Gasteiger partial charge >= 0.3 is 5.97 Å². The average molecular weight is 395 g/mol. The van der Waals surface area contributed by atoms with Gasteiger partial charge in [-0.25, -0.2) is 10.2 Å². The van der Waals surface area contributed by atoms with Crippen molar-refractivity contribution in [3.8, 4) is 17.1 Å². The van der Waals surface area contributed by atoms with Crippen LogP contribution in [0.5, 0.6) is 5.75 Å². The molecule has 10 heteroatoms. The second-order valence-corrected chi connectivity index (χ2v) is 5.71. The SMILES string of the molecule is O=C(N/N=C\c1ccc(-c2ccc([N+](=O)[O-])cc2C(=O)O)o1)c1ccccc1O. The fraction of sp³-hybridized carbons (Fsp3) is 0. The number of carbonyl (C=O) groups excluding carboxylic acids is 1. The summed E-state index contributed by atoms with van der Waals surface area (Å²) in [5, 5.41) is 33.5. The molecule has 3 aromatic rings. The number of furan rings is 1. The highest BCUT2D eigenvalue weighted by atomic mass is 16.6. The van der Waals surface area contributed by atoms with E-state index in [1.54, 1.807) is 12.1 Å². The summed E-state index contributed by atoms with van der Waals surface area (Å²) in [5.41, 5.74) is 1.78. The number of hydrogen-bond donors (Lipinski definition) is 3. The molecule has 0 aliphatic heterocycles. The molecule has 0 spiro atoms. The van der Waals surface area contributed by atoms with Crippen LogP contribution < -0.4 is 5.43 Å². The van der Waals surface area contributed by atoms with Crippen molar-refractivity contribution in [2.75, 3.05) is 0 Å². The van der Waals surface area contributed by atoms with Crippen LogP contribution in [0.2, 0.25) is 0 Å². The Hall–Kier alpha value is -4.47. The number of hydrazone groups is 1. The standard InChI is InChI=1S/C19H13N3O7/c23-16-4-2-1-3-14(16)18(24)21-20-10-12-6-8-17(29-12)13-7-5-11(22(27)28)9-15(13)19(25)26/h1-10,23H,(H,21,24)(H,25,26)/b20-10-. The second-order valence-electron chi connectivity index (χ2n) is 5.71. The molecule has 0 saturated heterocycles. The first-order chi connectivity index (χ1) is 13.9. The number of benzene rings is 2. The number of carboxylic acid groups (broad SMARTS) is 1. The lowest BCUT2D eigenvalue weighted by atomic mass is 10.0. The normalized spacial score (nSPS) is 10.8. The Balaban J connectivity index is 1.78. The number of nitro benzene ring substituents is 1. The number of phenolic OH excluding ortho intramolecular Hbond substituents is 1. The maximum absolute atomic E-state index is 12.0. The number of nitro groups is 1. The summed E-state index contributed by atoms with van der Waals surface area (Å²) in [6.07, 6.45) is 1.19. The van der Waals surface area contributed by atoms with Crippen molar-refractivity contribution in [3.05, 3.63) is 81.6 Å². The van der Waals surface area contributed by atoms with E-state index in [1.807, 2.05) is 0 Å². The van der Waals surface area contributed by atoms with Crippen molar-refractivity contribution >= 4 is 23.8 Å². The molecular formula is C19H13N3O7. The van der Waals surface area contributed by atoms with Gasteiger partial charge in [-0.3, -0.25) is 14.9 Å². The third kappa shape index (κ3) is 4.27. The number of phenols is 1. The van der Waals surface area contributed by atoms with Crippen molar-refractivity contribution in [3.63, 3.8) is 0 Å². The van der Waals surface area contributed by atoms with Gasteiger partial charge in [0, 0.05) is 17.7 Å². The smallest absolute Gasteiger partial charge is 0.336 e. The molecule has 0 fully saturated rings. The summed E-state index contributed by atoms with van der Waals surface area (Å²) in [4.78, 5) is 33.5. The van der Waals surface area contributed by atoms with Gasteiger partial charge in [0.05, 0.1) is 22.3 Å². The van der Waals surface area contributed by atoms with Gasteiger partial charge in [-0.15, -0.1) is 0 Å².